The Morgan fingerprint density at radius 3 is 2.33 bits per heavy atom. The van der Waals surface area contributed by atoms with E-state index in [-0.39, 0.29) is 21.7 Å². The van der Waals surface area contributed by atoms with E-state index < -0.39 is 75.5 Å². The van der Waals surface area contributed by atoms with Crippen LogP contribution < -0.4 is 5.73 Å². The number of halogens is 1. The van der Waals surface area contributed by atoms with Crippen molar-refractivity contribution in [3.05, 3.63) is 51.8 Å². The molecule has 1 saturated carbocycles. The second-order valence-corrected chi connectivity index (χ2v) is 8.96. The molecule has 0 aliphatic heterocycles. The minimum atomic E-state index is -2.97. The molecular formula is C22H21ClN2O8. The summed E-state index contributed by atoms with van der Waals surface area (Å²) in [6, 6.07) is 1.08. The fraction of sp³-hybridized carbons (Fsp3) is 0.318. The van der Waals surface area contributed by atoms with E-state index in [0.717, 1.165) is 0 Å². The number of carbonyl (C=O) groups excluding carboxylic acids is 3. The number of phenols is 1. The highest BCUT2D eigenvalue weighted by Gasteiger charge is 2.68. The number of aliphatic hydroxyl groups excluding tert-OH is 3. The van der Waals surface area contributed by atoms with Crippen molar-refractivity contribution in [2.45, 2.75) is 17.7 Å². The Morgan fingerprint density at radius 2 is 1.79 bits per heavy atom. The largest absolute Gasteiger partial charge is 0.508 e. The molecule has 10 nitrogen and oxygen atoms in total. The first-order chi connectivity index (χ1) is 15.3. The average molecular weight is 477 g/mol. The van der Waals surface area contributed by atoms with Crippen LogP contribution in [-0.4, -0.2) is 79.7 Å². The number of aromatic hydroxyl groups is 1. The molecule has 11 heteroatoms. The molecule has 33 heavy (non-hydrogen) atoms. The lowest BCUT2D eigenvalue weighted by Crippen LogP contribution is -2.70. The number of nitrogens with two attached hydrogens (primary N) is 1. The van der Waals surface area contributed by atoms with Gasteiger partial charge >= 0.3 is 0 Å². The average Bonchev–Trinajstić information content (AvgIpc) is 2.72. The number of hydrogen-bond acceptors (Lipinski definition) is 9. The summed E-state index contributed by atoms with van der Waals surface area (Å²) in [4.78, 5) is 39.9. The number of aliphatic hydroxyl groups is 4. The number of nitrogens with zero attached hydrogens (tertiary/aromatic N) is 1. The van der Waals surface area contributed by atoms with Crippen LogP contribution in [0.4, 0.5) is 0 Å². The second kappa shape index (κ2) is 7.16. The van der Waals surface area contributed by atoms with Gasteiger partial charge in [-0.05, 0) is 31.8 Å². The van der Waals surface area contributed by atoms with E-state index in [9.17, 15) is 39.9 Å². The van der Waals surface area contributed by atoms with Gasteiger partial charge in [0.25, 0.3) is 5.91 Å². The number of benzene rings is 1. The summed E-state index contributed by atoms with van der Waals surface area (Å²) in [5, 5.41) is 55.0. The first-order valence-corrected chi connectivity index (χ1v) is 10.2. The van der Waals surface area contributed by atoms with Crippen LogP contribution in [0.2, 0.25) is 5.02 Å². The van der Waals surface area contributed by atoms with Crippen LogP contribution in [0.15, 0.2) is 35.6 Å². The van der Waals surface area contributed by atoms with Crippen molar-refractivity contribution in [2.24, 2.45) is 17.6 Å². The molecule has 7 N–H and O–H groups in total. The van der Waals surface area contributed by atoms with Crippen LogP contribution in [0, 0.1) is 11.8 Å². The molecule has 0 bridgehead atoms. The summed E-state index contributed by atoms with van der Waals surface area (Å²) in [6.45, 7) is 3.89. The van der Waals surface area contributed by atoms with Gasteiger partial charge in [0.15, 0.2) is 11.4 Å². The minimum absolute atomic E-state index is 0.0516. The number of rotatable bonds is 2. The summed E-state index contributed by atoms with van der Waals surface area (Å²) in [5.74, 6) is -9.18. The standard InChI is InChI=1S/C22H21ClN2O8/c1-6-9-7(23)4-5-8(26)11(9)16(27)12-10(6)17(28)14-15(25(2)3)18(29)13(21(24)32)20(31)22(14,33)19(12)30/h4-5,10,14-15,17,26-28,31,33H,1H2,2-3H3,(H2,24,32)/t10-,14?,15+,17?,22+/m1/s1. The number of carbonyl (C=O) groups is 3. The maximum atomic E-state index is 13.7. The third kappa shape index (κ3) is 2.69. The molecule has 5 atom stereocenters. The number of fused-ring (bicyclic) bond motifs is 3. The Hall–Kier alpha value is -3.18. The van der Waals surface area contributed by atoms with E-state index >= 15 is 0 Å². The predicted molar refractivity (Wildman–Crippen MR) is 116 cm³/mol. The van der Waals surface area contributed by atoms with Gasteiger partial charge in [0.05, 0.1) is 29.2 Å². The van der Waals surface area contributed by atoms with Gasteiger partial charge in [0.2, 0.25) is 5.78 Å². The first-order valence-electron chi connectivity index (χ1n) is 9.81. The highest BCUT2D eigenvalue weighted by molar-refractivity contribution is 6.33. The van der Waals surface area contributed by atoms with E-state index in [1.807, 2.05) is 0 Å². The molecule has 3 aliphatic rings. The molecule has 0 saturated heterocycles. The minimum Gasteiger partial charge on any atom is -0.508 e. The number of amides is 1. The van der Waals surface area contributed by atoms with Gasteiger partial charge in [0.1, 0.15) is 22.8 Å². The SMILES string of the molecule is C=C1c2c(Cl)ccc(O)c2C(O)=C2C(=O)[C@]3(O)C(O)=C(C(N)=O)C(=O)[C@@H](N(C)C)C3C(O)[C@H]12. The summed E-state index contributed by atoms with van der Waals surface area (Å²) in [7, 11) is 2.84. The highest BCUT2D eigenvalue weighted by Crippen LogP contribution is 2.56. The molecule has 1 aromatic carbocycles. The van der Waals surface area contributed by atoms with Crippen molar-refractivity contribution in [1.29, 1.82) is 0 Å². The number of hydrogen-bond donors (Lipinski definition) is 6. The third-order valence-corrected chi connectivity index (χ3v) is 6.99. The number of phenolic OH excluding ortho intramolecular Hbond substituents is 1. The van der Waals surface area contributed by atoms with Crippen LogP contribution in [-0.2, 0) is 14.4 Å². The van der Waals surface area contributed by atoms with Crippen LogP contribution in [0.1, 0.15) is 11.1 Å². The van der Waals surface area contributed by atoms with Gasteiger partial charge in [-0.1, -0.05) is 18.2 Å². The zero-order chi connectivity index (χ0) is 24.7. The molecule has 2 unspecified atom stereocenters. The molecule has 1 fully saturated rings. The van der Waals surface area contributed by atoms with Crippen LogP contribution in [0.3, 0.4) is 0 Å². The molecule has 0 radical (unpaired) electrons. The molecule has 3 aliphatic carbocycles. The van der Waals surface area contributed by atoms with E-state index in [1.54, 1.807) is 0 Å². The molecule has 0 spiro atoms. The topological polar surface area (TPSA) is 182 Å². The Kier molecular flexibility index (Phi) is 4.99. The van der Waals surface area contributed by atoms with Crippen molar-refractivity contribution in [3.8, 4) is 5.75 Å². The van der Waals surface area contributed by atoms with Crippen LogP contribution in [0.5, 0.6) is 5.75 Å². The Morgan fingerprint density at radius 1 is 1.18 bits per heavy atom. The zero-order valence-electron chi connectivity index (χ0n) is 17.5. The van der Waals surface area contributed by atoms with Crippen molar-refractivity contribution in [1.82, 2.24) is 4.90 Å². The Bertz CT molecular complexity index is 1230. The highest BCUT2D eigenvalue weighted by atomic mass is 35.5. The van der Waals surface area contributed by atoms with Crippen LogP contribution >= 0.6 is 11.6 Å². The lowest BCUT2D eigenvalue weighted by molar-refractivity contribution is -0.166. The van der Waals surface area contributed by atoms with Crippen molar-refractivity contribution < 1.29 is 39.9 Å². The lowest BCUT2D eigenvalue weighted by atomic mass is 9.55. The molecule has 0 heterocycles. The van der Waals surface area contributed by atoms with Gasteiger partial charge in [-0.15, -0.1) is 0 Å². The summed E-state index contributed by atoms with van der Waals surface area (Å²) < 4.78 is 0. The maximum Gasteiger partial charge on any atom is 0.255 e. The second-order valence-electron chi connectivity index (χ2n) is 8.55. The molecule has 1 aromatic rings. The van der Waals surface area contributed by atoms with Gasteiger partial charge < -0.3 is 31.3 Å². The van der Waals surface area contributed by atoms with E-state index in [2.05, 4.69) is 6.58 Å². The van der Waals surface area contributed by atoms with Gasteiger partial charge in [-0.3, -0.25) is 19.3 Å². The monoisotopic (exact) mass is 476 g/mol. The molecule has 4 rings (SSSR count). The van der Waals surface area contributed by atoms with Gasteiger partial charge in [-0.25, -0.2) is 0 Å². The van der Waals surface area contributed by atoms with Gasteiger partial charge in [0, 0.05) is 16.5 Å². The molecule has 174 valence electrons. The summed E-state index contributed by atoms with van der Waals surface area (Å²) in [5.41, 5.74) is 0.634. The number of likely N-dealkylation sites (N-methyl/N-ethyl adjacent to an activating group) is 1. The van der Waals surface area contributed by atoms with Crippen molar-refractivity contribution in [2.75, 3.05) is 14.1 Å². The molecule has 1 amide bonds. The lowest BCUT2D eigenvalue weighted by Gasteiger charge is -2.52. The van der Waals surface area contributed by atoms with E-state index in [0.29, 0.717) is 0 Å². The molecular weight excluding hydrogens is 456 g/mol. The smallest absolute Gasteiger partial charge is 0.255 e. The predicted octanol–water partition coefficient (Wildman–Crippen LogP) is 0.0589. The fourth-order valence-corrected chi connectivity index (χ4v) is 5.54. The van der Waals surface area contributed by atoms with Crippen molar-refractivity contribution >= 4 is 40.4 Å². The number of Topliss-reactive ketones (excluding diaryl/α,β-unsaturated/α-hetero) is 2. The van der Waals surface area contributed by atoms with E-state index in [4.69, 9.17) is 17.3 Å². The number of ketones is 2. The number of primary amides is 1. The van der Waals surface area contributed by atoms with Crippen molar-refractivity contribution in [3.63, 3.8) is 0 Å². The van der Waals surface area contributed by atoms with E-state index in [1.165, 1.54) is 31.1 Å². The Balaban J connectivity index is 2.10. The Labute approximate surface area is 192 Å². The normalized spacial score (nSPS) is 31.5. The quantitative estimate of drug-likeness (QED) is 0.321. The first kappa shape index (κ1) is 23.0. The maximum absolute atomic E-state index is 13.7. The van der Waals surface area contributed by atoms with Gasteiger partial charge in [-0.2, -0.15) is 0 Å². The summed E-state index contributed by atoms with van der Waals surface area (Å²) in [6.07, 6.45) is -1.75. The zero-order valence-corrected chi connectivity index (χ0v) is 18.3. The van der Waals surface area contributed by atoms with Crippen LogP contribution in [0.25, 0.3) is 11.3 Å². The fourth-order valence-electron chi connectivity index (χ4n) is 5.26. The molecule has 0 aromatic heterocycles. The third-order valence-electron chi connectivity index (χ3n) is 6.67. The summed E-state index contributed by atoms with van der Waals surface area (Å²) >= 11 is 6.25.